The third-order valence-electron chi connectivity index (χ3n) is 1.75. The maximum absolute atomic E-state index is 12.6. The van der Waals surface area contributed by atoms with Gasteiger partial charge in [0, 0.05) is 6.07 Å². The molecule has 1 rings (SSSR count). The van der Waals surface area contributed by atoms with Crippen LogP contribution < -0.4 is 4.74 Å². The molecule has 0 atom stereocenters. The quantitative estimate of drug-likeness (QED) is 0.461. The number of ether oxygens (including phenoxy) is 2. The van der Waals surface area contributed by atoms with Gasteiger partial charge in [-0.2, -0.15) is 0 Å². The van der Waals surface area contributed by atoms with Gasteiger partial charge in [0.25, 0.3) is 0 Å². The summed E-state index contributed by atoms with van der Waals surface area (Å²) >= 11 is 1.59. The molecule has 1 aromatic heterocycles. The van der Waals surface area contributed by atoms with Crippen molar-refractivity contribution in [3.8, 4) is 5.88 Å². The Kier molecular flexibility index (Phi) is 4.71. The van der Waals surface area contributed by atoms with Crippen LogP contribution >= 0.6 is 22.6 Å². The smallest absolute Gasteiger partial charge is 0.465 e. The second-order valence-corrected chi connectivity index (χ2v) is 4.02. The van der Waals surface area contributed by atoms with E-state index in [0.29, 0.717) is 0 Å². The summed E-state index contributed by atoms with van der Waals surface area (Å²) in [5.74, 6) is -1.81. The minimum Gasteiger partial charge on any atom is -0.465 e. The van der Waals surface area contributed by atoms with E-state index in [1.54, 1.807) is 22.6 Å². The van der Waals surface area contributed by atoms with Crippen LogP contribution in [0, 0.1) is 3.57 Å². The highest BCUT2D eigenvalue weighted by Crippen LogP contribution is 2.26. The number of carbonyl (C=O) groups is 1. The Labute approximate surface area is 112 Å². The number of pyridine rings is 1. The van der Waals surface area contributed by atoms with Gasteiger partial charge in [0.2, 0.25) is 5.88 Å². The second kappa shape index (κ2) is 5.67. The molecule has 0 saturated carbocycles. The molecule has 0 aromatic carbocycles. The Hall–Kier alpha value is -1.13. The van der Waals surface area contributed by atoms with E-state index >= 15 is 0 Å². The molecular formula is C9H6F4INO3. The molecule has 0 N–H and O–H groups in total. The van der Waals surface area contributed by atoms with Gasteiger partial charge in [-0.1, -0.05) is 0 Å². The third kappa shape index (κ3) is 3.68. The van der Waals surface area contributed by atoms with Crippen molar-refractivity contribution < 1.29 is 31.8 Å². The summed E-state index contributed by atoms with van der Waals surface area (Å²) in [6, 6.07) is 0.750. The van der Waals surface area contributed by atoms with Crippen LogP contribution in [0.2, 0.25) is 0 Å². The molecule has 0 spiro atoms. The Morgan fingerprint density at radius 3 is 2.56 bits per heavy atom. The van der Waals surface area contributed by atoms with E-state index in [-0.39, 0.29) is 14.8 Å². The number of esters is 1. The molecule has 0 amide bonds. The summed E-state index contributed by atoms with van der Waals surface area (Å²) in [4.78, 5) is 14.6. The fourth-order valence-electron chi connectivity index (χ4n) is 1.07. The van der Waals surface area contributed by atoms with Gasteiger partial charge in [-0.05, 0) is 22.6 Å². The van der Waals surface area contributed by atoms with Crippen molar-refractivity contribution in [2.75, 3.05) is 7.11 Å². The molecule has 0 unspecified atom stereocenters. The first-order valence-corrected chi connectivity index (χ1v) is 5.45. The van der Waals surface area contributed by atoms with Crippen LogP contribution in [0.25, 0.3) is 0 Å². The van der Waals surface area contributed by atoms with Crippen LogP contribution in [0.3, 0.4) is 0 Å². The monoisotopic (exact) mass is 379 g/mol. The van der Waals surface area contributed by atoms with Gasteiger partial charge in [0.05, 0.1) is 21.9 Å². The van der Waals surface area contributed by atoms with Crippen LogP contribution in [-0.2, 0) is 11.4 Å². The fourth-order valence-corrected chi connectivity index (χ4v) is 1.72. The summed E-state index contributed by atoms with van der Waals surface area (Å²) < 4.78 is 56.6. The molecule has 0 radical (unpaired) electrons. The molecule has 0 aliphatic rings. The molecule has 4 nitrogen and oxygen atoms in total. The Morgan fingerprint density at radius 2 is 2.11 bits per heavy atom. The number of halogens is 5. The average Bonchev–Trinajstić information content (AvgIpc) is 2.28. The van der Waals surface area contributed by atoms with E-state index in [1.165, 1.54) is 0 Å². The average molecular weight is 379 g/mol. The van der Waals surface area contributed by atoms with E-state index in [1.807, 2.05) is 0 Å². The standard InChI is InChI=1S/C9H6F4INO3/c1-17-8(16)4-2-6(18-9(11,12)13)15-5(3-10)7(4)14/h2H,3H2,1H3. The van der Waals surface area contributed by atoms with Crippen LogP contribution in [0.1, 0.15) is 16.1 Å². The van der Waals surface area contributed by atoms with Crippen LogP contribution in [0.4, 0.5) is 17.6 Å². The maximum Gasteiger partial charge on any atom is 0.574 e. The molecular weight excluding hydrogens is 373 g/mol. The number of nitrogens with zero attached hydrogens (tertiary/aromatic N) is 1. The largest absolute Gasteiger partial charge is 0.574 e. The normalized spacial score (nSPS) is 11.2. The summed E-state index contributed by atoms with van der Waals surface area (Å²) in [6.07, 6.45) is -4.97. The Balaban J connectivity index is 3.26. The van der Waals surface area contributed by atoms with Crippen LogP contribution in [-0.4, -0.2) is 24.4 Å². The molecule has 1 heterocycles. The minimum absolute atomic E-state index is 0.0801. The zero-order valence-corrected chi connectivity index (χ0v) is 11.0. The van der Waals surface area contributed by atoms with E-state index in [0.717, 1.165) is 13.2 Å². The van der Waals surface area contributed by atoms with Crippen molar-refractivity contribution >= 4 is 28.6 Å². The first kappa shape index (κ1) is 14.9. The highest BCUT2D eigenvalue weighted by molar-refractivity contribution is 14.1. The molecule has 100 valence electrons. The number of alkyl halides is 4. The van der Waals surface area contributed by atoms with Gasteiger partial charge < -0.3 is 9.47 Å². The highest BCUT2D eigenvalue weighted by Gasteiger charge is 2.33. The molecule has 1 aromatic rings. The van der Waals surface area contributed by atoms with Gasteiger partial charge in [-0.25, -0.2) is 14.2 Å². The van der Waals surface area contributed by atoms with Crippen molar-refractivity contribution in [1.82, 2.24) is 4.98 Å². The molecule has 0 fully saturated rings. The van der Waals surface area contributed by atoms with Crippen molar-refractivity contribution in [2.45, 2.75) is 13.0 Å². The summed E-state index contributed by atoms with van der Waals surface area (Å²) in [7, 11) is 1.05. The topological polar surface area (TPSA) is 48.4 Å². The number of methoxy groups -OCH3 is 1. The number of aromatic nitrogens is 1. The summed E-state index contributed by atoms with van der Waals surface area (Å²) in [5.41, 5.74) is -0.558. The Morgan fingerprint density at radius 1 is 1.50 bits per heavy atom. The molecule has 18 heavy (non-hydrogen) atoms. The summed E-state index contributed by atoms with van der Waals surface area (Å²) in [6.45, 7) is -1.13. The van der Waals surface area contributed by atoms with Gasteiger partial charge in [-0.15, -0.1) is 13.2 Å². The molecule has 9 heteroatoms. The third-order valence-corrected chi connectivity index (χ3v) is 2.96. The molecule has 0 aliphatic heterocycles. The van der Waals surface area contributed by atoms with E-state index in [9.17, 15) is 22.4 Å². The van der Waals surface area contributed by atoms with E-state index in [2.05, 4.69) is 14.5 Å². The van der Waals surface area contributed by atoms with Gasteiger partial charge in [-0.3, -0.25) is 0 Å². The number of rotatable bonds is 3. The van der Waals surface area contributed by atoms with Crippen molar-refractivity contribution in [1.29, 1.82) is 0 Å². The zero-order chi connectivity index (χ0) is 13.9. The Bertz CT molecular complexity index is 464. The minimum atomic E-state index is -4.97. The lowest BCUT2D eigenvalue weighted by molar-refractivity contribution is -0.276. The number of hydrogen-bond donors (Lipinski definition) is 0. The molecule has 0 saturated heterocycles. The lowest BCUT2D eigenvalue weighted by atomic mass is 10.2. The summed E-state index contributed by atoms with van der Waals surface area (Å²) in [5, 5.41) is 0. The second-order valence-electron chi connectivity index (χ2n) is 2.94. The maximum atomic E-state index is 12.6. The SMILES string of the molecule is COC(=O)c1cc(OC(F)(F)F)nc(CF)c1I. The first-order valence-electron chi connectivity index (χ1n) is 4.38. The predicted octanol–water partition coefficient (Wildman–Crippen LogP) is 2.84. The fraction of sp³-hybridized carbons (Fsp3) is 0.333. The predicted molar refractivity (Wildman–Crippen MR) is 59.8 cm³/mol. The zero-order valence-electron chi connectivity index (χ0n) is 8.85. The first-order chi connectivity index (χ1) is 8.28. The number of carbonyl (C=O) groups excluding carboxylic acids is 1. The van der Waals surface area contributed by atoms with Gasteiger partial charge in [0.1, 0.15) is 6.67 Å². The van der Waals surface area contributed by atoms with Crippen LogP contribution in [0.15, 0.2) is 6.07 Å². The van der Waals surface area contributed by atoms with Crippen molar-refractivity contribution in [2.24, 2.45) is 0 Å². The van der Waals surface area contributed by atoms with E-state index < -0.39 is 24.9 Å². The van der Waals surface area contributed by atoms with Crippen molar-refractivity contribution in [3.63, 3.8) is 0 Å². The molecule has 0 aliphatic carbocycles. The van der Waals surface area contributed by atoms with Crippen molar-refractivity contribution in [3.05, 3.63) is 20.9 Å². The van der Waals surface area contributed by atoms with Gasteiger partial charge in [0.15, 0.2) is 0 Å². The number of hydrogen-bond acceptors (Lipinski definition) is 4. The van der Waals surface area contributed by atoms with Gasteiger partial charge >= 0.3 is 12.3 Å². The molecule has 0 bridgehead atoms. The lowest BCUT2D eigenvalue weighted by Crippen LogP contribution is -2.19. The highest BCUT2D eigenvalue weighted by atomic mass is 127. The lowest BCUT2D eigenvalue weighted by Gasteiger charge is -2.11. The van der Waals surface area contributed by atoms with Crippen LogP contribution in [0.5, 0.6) is 5.88 Å². The van der Waals surface area contributed by atoms with E-state index in [4.69, 9.17) is 0 Å².